The largest absolute Gasteiger partial charge is 0.306 e. The molecule has 6 nitrogen and oxygen atoms in total. The fourth-order valence-electron chi connectivity index (χ4n) is 5.38. The van der Waals surface area contributed by atoms with Crippen molar-refractivity contribution in [2.24, 2.45) is 9.98 Å². The van der Waals surface area contributed by atoms with Gasteiger partial charge in [-0.25, -0.2) is 4.99 Å². The van der Waals surface area contributed by atoms with Gasteiger partial charge in [0, 0.05) is 5.56 Å². The number of aliphatic imine (C=N–C) groups is 2. The molecule has 0 saturated carbocycles. The van der Waals surface area contributed by atoms with Crippen LogP contribution in [0, 0.1) is 0 Å². The molecule has 1 aliphatic carbocycles. The molecule has 0 spiro atoms. The van der Waals surface area contributed by atoms with Crippen molar-refractivity contribution in [3.05, 3.63) is 110 Å². The van der Waals surface area contributed by atoms with Gasteiger partial charge in [0.25, 0.3) is 11.8 Å². The number of carbonyl (C=O) groups is 2. The van der Waals surface area contributed by atoms with E-state index in [1.165, 1.54) is 0 Å². The van der Waals surface area contributed by atoms with Crippen molar-refractivity contribution in [3.8, 4) is 0 Å². The molecule has 1 atom stereocenters. The molecule has 1 unspecified atom stereocenters. The Labute approximate surface area is 283 Å². The maximum absolute atomic E-state index is 12.8. The van der Waals surface area contributed by atoms with E-state index in [9.17, 15) is 9.59 Å². The van der Waals surface area contributed by atoms with E-state index < -0.39 is 17.9 Å². The predicted molar refractivity (Wildman–Crippen MR) is 176 cm³/mol. The monoisotopic (exact) mass is 726 g/mol. The van der Waals surface area contributed by atoms with Gasteiger partial charge in [-0.15, -0.1) is 0 Å². The van der Waals surface area contributed by atoms with Crippen molar-refractivity contribution in [2.75, 3.05) is 0 Å². The number of nitrogens with one attached hydrogen (secondary N) is 2. The minimum Gasteiger partial charge on any atom is -0.306 e. The number of amidine groups is 2. The molecule has 2 amide bonds. The Morgan fingerprint density at radius 3 is 1.74 bits per heavy atom. The highest BCUT2D eigenvalue weighted by molar-refractivity contribution is 6.56. The number of hydrogen-bond acceptors (Lipinski definition) is 4. The van der Waals surface area contributed by atoms with Crippen LogP contribution in [-0.2, 0) is 0 Å². The van der Waals surface area contributed by atoms with Gasteiger partial charge in [-0.05, 0) is 22.4 Å². The van der Waals surface area contributed by atoms with Crippen LogP contribution in [0.3, 0.4) is 0 Å². The van der Waals surface area contributed by atoms with Crippen LogP contribution in [0.15, 0.2) is 46.4 Å². The zero-order chi connectivity index (χ0) is 30.5. The molecule has 214 valence electrons. The van der Waals surface area contributed by atoms with E-state index in [1.54, 1.807) is 0 Å². The lowest BCUT2D eigenvalue weighted by Crippen LogP contribution is -2.22. The molecule has 2 aliphatic heterocycles. The Morgan fingerprint density at radius 2 is 1.14 bits per heavy atom. The van der Waals surface area contributed by atoms with Crippen LogP contribution in [0.4, 0.5) is 5.69 Å². The van der Waals surface area contributed by atoms with E-state index in [4.69, 9.17) is 103 Å². The van der Waals surface area contributed by atoms with Crippen LogP contribution < -0.4 is 10.6 Å². The van der Waals surface area contributed by atoms with Gasteiger partial charge in [0.2, 0.25) is 0 Å². The van der Waals surface area contributed by atoms with Crippen molar-refractivity contribution in [1.29, 1.82) is 0 Å². The average molecular weight is 730 g/mol. The van der Waals surface area contributed by atoms with Crippen LogP contribution in [0.2, 0.25) is 40.2 Å². The Bertz CT molecular complexity index is 2120. The van der Waals surface area contributed by atoms with E-state index in [0.29, 0.717) is 5.69 Å². The Kier molecular flexibility index (Phi) is 7.16. The topological polar surface area (TPSA) is 82.9 Å². The Balaban J connectivity index is 1.37. The molecule has 2 heterocycles. The first kappa shape index (κ1) is 29.2. The summed E-state index contributed by atoms with van der Waals surface area (Å²) >= 11 is 50.6. The van der Waals surface area contributed by atoms with Crippen molar-refractivity contribution >= 4 is 139 Å². The van der Waals surface area contributed by atoms with Crippen molar-refractivity contribution in [2.45, 2.75) is 6.04 Å². The number of benzene rings is 4. The Morgan fingerprint density at radius 1 is 0.605 bits per heavy atom. The minimum atomic E-state index is -0.522. The fraction of sp³-hybridized carbons (Fsp3) is 0.0345. The fourth-order valence-corrected chi connectivity index (χ4v) is 7.44. The van der Waals surface area contributed by atoms with E-state index >= 15 is 0 Å². The summed E-state index contributed by atoms with van der Waals surface area (Å²) in [5, 5.41) is 7.38. The molecule has 0 bridgehead atoms. The second-order valence-electron chi connectivity index (χ2n) is 9.61. The maximum atomic E-state index is 12.8. The van der Waals surface area contributed by atoms with Gasteiger partial charge in [-0.1, -0.05) is 129 Å². The summed E-state index contributed by atoms with van der Waals surface area (Å²) in [4.78, 5) is 35.2. The quantitative estimate of drug-likeness (QED) is 0.159. The molecule has 4 aromatic rings. The third kappa shape index (κ3) is 4.31. The lowest BCUT2D eigenvalue weighted by molar-refractivity contribution is 0.0975. The second-order valence-corrected chi connectivity index (χ2v) is 12.6. The number of rotatable bonds is 2. The molecule has 2 N–H and O–H groups in total. The molecule has 3 aliphatic rings. The van der Waals surface area contributed by atoms with E-state index in [0.717, 1.165) is 21.9 Å². The smallest absolute Gasteiger partial charge is 0.259 e. The van der Waals surface area contributed by atoms with Gasteiger partial charge in [-0.2, -0.15) is 0 Å². The number of fused-ring (bicyclic) bond motifs is 2. The van der Waals surface area contributed by atoms with Crippen LogP contribution in [0.5, 0.6) is 0 Å². The minimum absolute atomic E-state index is 0.00493. The number of carbonyl (C=O) groups excluding carboxylic acids is 2. The molecule has 43 heavy (non-hydrogen) atoms. The van der Waals surface area contributed by atoms with Gasteiger partial charge in [0.05, 0.1) is 74.2 Å². The molecule has 14 heteroatoms. The predicted octanol–water partition coefficient (Wildman–Crippen LogP) is 10.1. The Hall–Kier alpha value is -2.52. The SMILES string of the molecule is O=C1NC(=Nc2ccc3cccc4c3c2C=CC4N=C2NC(=O)c3c(Cl)c(Cl)c(Cl)c(Cl)c32)c2c(Cl)c(Cl)c(Cl)c(Cl)c21. The number of nitrogens with zero attached hydrogens (tertiary/aromatic N) is 2. The lowest BCUT2D eigenvalue weighted by Gasteiger charge is -2.20. The van der Waals surface area contributed by atoms with Crippen molar-refractivity contribution < 1.29 is 9.59 Å². The molecule has 0 saturated heterocycles. The first-order chi connectivity index (χ1) is 20.5. The molecular weight excluding hydrogens is 720 g/mol. The van der Waals surface area contributed by atoms with Gasteiger partial charge in [0.15, 0.2) is 0 Å². The average Bonchev–Trinajstić information content (AvgIpc) is 3.50. The summed E-state index contributed by atoms with van der Waals surface area (Å²) in [5.74, 6) is -0.597. The summed E-state index contributed by atoms with van der Waals surface area (Å²) < 4.78 is 0. The zero-order valence-corrected chi connectivity index (χ0v) is 26.9. The highest BCUT2D eigenvalue weighted by Gasteiger charge is 2.36. The summed E-state index contributed by atoms with van der Waals surface area (Å²) in [5.41, 5.74) is 2.90. The summed E-state index contributed by atoms with van der Waals surface area (Å²) in [6.07, 6.45) is 3.72. The third-order valence-corrected chi connectivity index (χ3v) is 10.9. The molecule has 7 rings (SSSR count). The summed E-state index contributed by atoms with van der Waals surface area (Å²) in [7, 11) is 0. The van der Waals surface area contributed by atoms with E-state index in [-0.39, 0.29) is 74.1 Å². The maximum Gasteiger partial charge on any atom is 0.259 e. The first-order valence-electron chi connectivity index (χ1n) is 12.2. The number of hydrogen-bond donors (Lipinski definition) is 2. The standard InChI is InChI=1S/C29H10Cl8N4O2/c30-18-14-16(20(32)24(36)22(18)34)28(42)40-26(14)38-11-6-4-8-2-1-3-9-12(7-5-10(11)13(8)9)39-27-15-17(29(43)41-27)21(33)25(37)23(35)19(15)31/h1-7,12H,(H,38,40,42)(H,39,41,43). The van der Waals surface area contributed by atoms with Crippen molar-refractivity contribution in [3.63, 3.8) is 0 Å². The number of halogens is 8. The lowest BCUT2D eigenvalue weighted by atomic mass is 9.89. The van der Waals surface area contributed by atoms with Gasteiger partial charge in [-0.3, -0.25) is 14.6 Å². The normalized spacial score (nSPS) is 18.5. The first-order valence-corrected chi connectivity index (χ1v) is 15.3. The van der Waals surface area contributed by atoms with Crippen LogP contribution >= 0.6 is 92.8 Å². The van der Waals surface area contributed by atoms with Crippen LogP contribution in [0.1, 0.15) is 49.0 Å². The van der Waals surface area contributed by atoms with Crippen LogP contribution in [0.25, 0.3) is 16.8 Å². The van der Waals surface area contributed by atoms with Gasteiger partial charge >= 0.3 is 0 Å². The molecule has 4 aromatic carbocycles. The second kappa shape index (κ2) is 10.5. The molecular formula is C29H10Cl8N4O2. The van der Waals surface area contributed by atoms with E-state index in [1.807, 2.05) is 42.5 Å². The van der Waals surface area contributed by atoms with E-state index in [2.05, 4.69) is 10.6 Å². The number of amides is 2. The molecule has 0 fully saturated rings. The highest BCUT2D eigenvalue weighted by atomic mass is 35.5. The third-order valence-electron chi connectivity index (χ3n) is 7.29. The summed E-state index contributed by atoms with van der Waals surface area (Å²) in [6.45, 7) is 0. The van der Waals surface area contributed by atoms with Gasteiger partial charge in [0.1, 0.15) is 11.7 Å². The van der Waals surface area contributed by atoms with Crippen LogP contribution in [-0.4, -0.2) is 23.5 Å². The zero-order valence-electron chi connectivity index (χ0n) is 20.9. The van der Waals surface area contributed by atoms with Crippen molar-refractivity contribution in [1.82, 2.24) is 10.6 Å². The molecule has 0 aromatic heterocycles. The highest BCUT2D eigenvalue weighted by Crippen LogP contribution is 2.46. The van der Waals surface area contributed by atoms with Gasteiger partial charge < -0.3 is 10.6 Å². The summed E-state index contributed by atoms with van der Waals surface area (Å²) in [6, 6.07) is 8.99. The molecule has 0 radical (unpaired) electrons.